The minimum Gasteiger partial charge on any atom is -0.469 e. The van der Waals surface area contributed by atoms with Gasteiger partial charge < -0.3 is 13.9 Å². The number of methoxy groups -OCH3 is 1. The van der Waals surface area contributed by atoms with Crippen molar-refractivity contribution >= 4 is 11.9 Å². The zero-order valence-electron chi connectivity index (χ0n) is 12.3. The van der Waals surface area contributed by atoms with Gasteiger partial charge in [-0.1, -0.05) is 6.92 Å². The van der Waals surface area contributed by atoms with Gasteiger partial charge in [-0.25, -0.2) is 4.79 Å². The molecule has 0 aromatic carbocycles. The van der Waals surface area contributed by atoms with E-state index in [1.807, 2.05) is 11.9 Å². The first kappa shape index (κ1) is 16.2. The highest BCUT2D eigenvalue weighted by molar-refractivity contribution is 5.90. The Bertz CT molecular complexity index is 454. The number of hydrogen-bond donors (Lipinski definition) is 0. The average molecular weight is 283 g/mol. The molecule has 1 atom stereocenters. The van der Waals surface area contributed by atoms with Gasteiger partial charge in [0.2, 0.25) is 0 Å². The Morgan fingerprint density at radius 3 is 2.75 bits per heavy atom. The van der Waals surface area contributed by atoms with Gasteiger partial charge in [-0.2, -0.15) is 0 Å². The second kappa shape index (κ2) is 7.69. The van der Waals surface area contributed by atoms with Gasteiger partial charge in [-0.15, -0.1) is 0 Å². The predicted molar refractivity (Wildman–Crippen MR) is 72.2 cm³/mol. The lowest BCUT2D eigenvalue weighted by Gasteiger charge is -2.19. The lowest BCUT2D eigenvalue weighted by atomic mass is 10.1. The van der Waals surface area contributed by atoms with E-state index in [1.54, 1.807) is 19.9 Å². The topological polar surface area (TPSA) is 69.0 Å². The summed E-state index contributed by atoms with van der Waals surface area (Å²) in [6.45, 7) is 4.79. The lowest BCUT2D eigenvalue weighted by molar-refractivity contribution is -0.145. The van der Waals surface area contributed by atoms with Crippen LogP contribution in [0.4, 0.5) is 0 Å². The molecule has 0 aliphatic rings. The second-order valence-electron chi connectivity index (χ2n) is 4.60. The maximum atomic E-state index is 11.7. The number of ether oxygens (including phenoxy) is 2. The lowest BCUT2D eigenvalue weighted by Crippen LogP contribution is -2.29. The van der Waals surface area contributed by atoms with Crippen LogP contribution in [-0.2, 0) is 20.8 Å². The first-order chi connectivity index (χ1) is 9.49. The number of hydrogen-bond acceptors (Lipinski definition) is 6. The minimum atomic E-state index is -0.398. The van der Waals surface area contributed by atoms with E-state index in [0.717, 1.165) is 0 Å². The molecule has 0 aliphatic carbocycles. The molecule has 0 amide bonds. The number of carbonyl (C=O) groups excluding carboxylic acids is 2. The minimum absolute atomic E-state index is 0.244. The van der Waals surface area contributed by atoms with Crippen molar-refractivity contribution < 1.29 is 23.5 Å². The fourth-order valence-electron chi connectivity index (χ4n) is 1.91. The summed E-state index contributed by atoms with van der Waals surface area (Å²) >= 11 is 0. The molecule has 1 aromatic heterocycles. The number of furan rings is 1. The average Bonchev–Trinajstić information content (AvgIpc) is 2.85. The molecule has 0 bridgehead atoms. The van der Waals surface area contributed by atoms with E-state index >= 15 is 0 Å². The molecule has 0 spiro atoms. The van der Waals surface area contributed by atoms with E-state index in [2.05, 4.69) is 4.74 Å². The molecular weight excluding hydrogens is 262 g/mol. The van der Waals surface area contributed by atoms with Gasteiger partial charge >= 0.3 is 11.9 Å². The summed E-state index contributed by atoms with van der Waals surface area (Å²) in [7, 11) is 3.21. The molecule has 0 radical (unpaired) electrons. The Balaban J connectivity index is 2.62. The van der Waals surface area contributed by atoms with E-state index in [4.69, 9.17) is 9.15 Å². The highest BCUT2D eigenvalue weighted by Gasteiger charge is 2.20. The standard InChI is InChI=1S/C14H21NO5/c1-5-19-14(17)11-6-7-20-12(11)9-15(3)8-10(2)13(16)18-4/h6-7,10H,5,8-9H2,1-4H3. The monoisotopic (exact) mass is 283 g/mol. The van der Waals surface area contributed by atoms with Crippen LogP contribution in [0.2, 0.25) is 0 Å². The van der Waals surface area contributed by atoms with Crippen molar-refractivity contribution in [3.8, 4) is 0 Å². The number of nitrogens with zero attached hydrogens (tertiary/aromatic N) is 1. The molecule has 0 aliphatic heterocycles. The van der Waals surface area contributed by atoms with Crippen molar-refractivity contribution in [2.75, 3.05) is 27.3 Å². The van der Waals surface area contributed by atoms with E-state index in [0.29, 0.717) is 31.0 Å². The van der Waals surface area contributed by atoms with Crippen molar-refractivity contribution in [3.63, 3.8) is 0 Å². The van der Waals surface area contributed by atoms with Crippen LogP contribution in [0.25, 0.3) is 0 Å². The third-order valence-corrected chi connectivity index (χ3v) is 2.84. The van der Waals surface area contributed by atoms with Crippen LogP contribution < -0.4 is 0 Å². The molecule has 0 saturated heterocycles. The summed E-state index contributed by atoms with van der Waals surface area (Å²) < 4.78 is 14.9. The van der Waals surface area contributed by atoms with Crippen molar-refractivity contribution in [2.45, 2.75) is 20.4 Å². The quantitative estimate of drug-likeness (QED) is 0.709. The van der Waals surface area contributed by atoms with E-state index < -0.39 is 5.97 Å². The highest BCUT2D eigenvalue weighted by Crippen LogP contribution is 2.15. The third kappa shape index (κ3) is 4.38. The first-order valence-corrected chi connectivity index (χ1v) is 6.49. The van der Waals surface area contributed by atoms with Crippen molar-refractivity contribution in [2.24, 2.45) is 5.92 Å². The summed E-state index contributed by atoms with van der Waals surface area (Å²) in [5.74, 6) is -0.374. The Labute approximate surface area is 118 Å². The molecule has 6 nitrogen and oxygen atoms in total. The first-order valence-electron chi connectivity index (χ1n) is 6.49. The smallest absolute Gasteiger partial charge is 0.341 e. The van der Waals surface area contributed by atoms with Crippen LogP contribution >= 0.6 is 0 Å². The Morgan fingerprint density at radius 2 is 2.15 bits per heavy atom. The Morgan fingerprint density at radius 1 is 1.45 bits per heavy atom. The molecule has 0 saturated carbocycles. The molecule has 112 valence electrons. The van der Waals surface area contributed by atoms with Gasteiger partial charge in [0.1, 0.15) is 11.3 Å². The molecule has 1 heterocycles. The zero-order chi connectivity index (χ0) is 15.1. The van der Waals surface area contributed by atoms with Crippen LogP contribution in [-0.4, -0.2) is 44.1 Å². The van der Waals surface area contributed by atoms with Gasteiger partial charge in [-0.3, -0.25) is 9.69 Å². The largest absolute Gasteiger partial charge is 0.469 e. The Kier molecular flexibility index (Phi) is 6.24. The number of rotatable bonds is 7. The third-order valence-electron chi connectivity index (χ3n) is 2.84. The summed E-state index contributed by atoms with van der Waals surface area (Å²) in [5, 5.41) is 0. The normalized spacial score (nSPS) is 12.2. The summed E-state index contributed by atoms with van der Waals surface area (Å²) in [5.41, 5.74) is 0.421. The van der Waals surface area contributed by atoms with Gasteiger partial charge in [-0.05, 0) is 20.0 Å². The van der Waals surface area contributed by atoms with Gasteiger partial charge in [0.25, 0.3) is 0 Å². The molecule has 1 aromatic rings. The molecule has 0 fully saturated rings. The predicted octanol–water partition coefficient (Wildman–Crippen LogP) is 1.70. The van der Waals surface area contributed by atoms with Gasteiger partial charge in [0, 0.05) is 6.54 Å². The fraction of sp³-hybridized carbons (Fsp3) is 0.571. The van der Waals surface area contributed by atoms with E-state index in [9.17, 15) is 9.59 Å². The van der Waals surface area contributed by atoms with Crippen LogP contribution in [0, 0.1) is 5.92 Å². The SMILES string of the molecule is CCOC(=O)c1ccoc1CN(C)CC(C)C(=O)OC. The van der Waals surface area contributed by atoms with Crippen LogP contribution in [0.5, 0.6) is 0 Å². The zero-order valence-corrected chi connectivity index (χ0v) is 12.3. The maximum absolute atomic E-state index is 11.7. The van der Waals surface area contributed by atoms with Gasteiger partial charge in [0.05, 0.1) is 32.4 Å². The van der Waals surface area contributed by atoms with E-state index in [1.165, 1.54) is 13.4 Å². The highest BCUT2D eigenvalue weighted by atomic mass is 16.5. The summed E-state index contributed by atoms with van der Waals surface area (Å²) in [4.78, 5) is 25.0. The van der Waals surface area contributed by atoms with Crippen LogP contribution in [0.3, 0.4) is 0 Å². The molecule has 1 unspecified atom stereocenters. The van der Waals surface area contributed by atoms with Crippen LogP contribution in [0.15, 0.2) is 16.7 Å². The number of carbonyl (C=O) groups is 2. The van der Waals surface area contributed by atoms with Crippen molar-refractivity contribution in [3.05, 3.63) is 23.7 Å². The number of esters is 2. The van der Waals surface area contributed by atoms with E-state index in [-0.39, 0.29) is 11.9 Å². The molecule has 20 heavy (non-hydrogen) atoms. The fourth-order valence-corrected chi connectivity index (χ4v) is 1.91. The van der Waals surface area contributed by atoms with Crippen molar-refractivity contribution in [1.82, 2.24) is 4.90 Å². The molecule has 0 N–H and O–H groups in total. The molecule has 6 heteroatoms. The maximum Gasteiger partial charge on any atom is 0.341 e. The molecule has 1 rings (SSSR count). The summed E-state index contributed by atoms with van der Waals surface area (Å²) in [6.07, 6.45) is 1.46. The Hall–Kier alpha value is -1.82. The van der Waals surface area contributed by atoms with Crippen LogP contribution in [0.1, 0.15) is 30.0 Å². The summed E-state index contributed by atoms with van der Waals surface area (Å²) in [6, 6.07) is 1.59. The van der Waals surface area contributed by atoms with Crippen molar-refractivity contribution in [1.29, 1.82) is 0 Å². The second-order valence-corrected chi connectivity index (χ2v) is 4.60. The van der Waals surface area contributed by atoms with Gasteiger partial charge in [0.15, 0.2) is 0 Å². The molecular formula is C14H21NO5.